The number of aliphatic hydroxyl groups is 1. The fraction of sp³-hybridized carbons (Fsp3) is 0.889. The Bertz CT molecular complexity index is 175. The Kier molecular flexibility index (Phi) is 4.53. The van der Waals surface area contributed by atoms with Crippen molar-refractivity contribution < 1.29 is 9.90 Å². The number of hydrogen-bond acceptors (Lipinski definition) is 2. The summed E-state index contributed by atoms with van der Waals surface area (Å²) in [5.41, 5.74) is 0. The van der Waals surface area contributed by atoms with Gasteiger partial charge in [-0.2, -0.15) is 0 Å². The van der Waals surface area contributed by atoms with Crippen LogP contribution in [-0.4, -0.2) is 41.5 Å². The molecule has 0 aliphatic carbocycles. The standard InChI is InChI=1S/C9H16ClNO2/c10-6-8-5-9(13)11(7-8)3-1-2-4-12/h8,12H,1-7H2. The van der Waals surface area contributed by atoms with Crippen LogP contribution in [0.4, 0.5) is 0 Å². The lowest BCUT2D eigenvalue weighted by molar-refractivity contribution is -0.127. The minimum absolute atomic E-state index is 0.209. The van der Waals surface area contributed by atoms with Crippen molar-refractivity contribution in [1.29, 1.82) is 0 Å². The van der Waals surface area contributed by atoms with Crippen LogP contribution in [0.15, 0.2) is 0 Å². The van der Waals surface area contributed by atoms with E-state index in [1.165, 1.54) is 0 Å². The van der Waals surface area contributed by atoms with Crippen LogP contribution in [0.25, 0.3) is 0 Å². The lowest BCUT2D eigenvalue weighted by Gasteiger charge is -2.15. The molecule has 1 amide bonds. The molecule has 0 aromatic carbocycles. The summed E-state index contributed by atoms with van der Waals surface area (Å²) in [6, 6.07) is 0. The quantitative estimate of drug-likeness (QED) is 0.534. The van der Waals surface area contributed by atoms with E-state index in [-0.39, 0.29) is 12.5 Å². The minimum atomic E-state index is 0.209. The van der Waals surface area contributed by atoms with E-state index in [2.05, 4.69) is 0 Å². The first-order chi connectivity index (χ1) is 6.27. The smallest absolute Gasteiger partial charge is 0.222 e. The molecular formula is C9H16ClNO2. The van der Waals surface area contributed by atoms with Crippen LogP contribution < -0.4 is 0 Å². The molecule has 4 heteroatoms. The predicted octanol–water partition coefficient (Wildman–Crippen LogP) is 0.846. The second kappa shape index (κ2) is 5.45. The topological polar surface area (TPSA) is 40.5 Å². The summed E-state index contributed by atoms with van der Waals surface area (Å²) in [5.74, 6) is 1.12. The summed E-state index contributed by atoms with van der Waals surface area (Å²) >= 11 is 5.68. The lowest BCUT2D eigenvalue weighted by atomic mass is 10.1. The average Bonchev–Trinajstić information content (AvgIpc) is 2.48. The van der Waals surface area contributed by atoms with Gasteiger partial charge in [0.1, 0.15) is 0 Å². The van der Waals surface area contributed by atoms with Crippen molar-refractivity contribution in [2.75, 3.05) is 25.6 Å². The van der Waals surface area contributed by atoms with Crippen molar-refractivity contribution >= 4 is 17.5 Å². The van der Waals surface area contributed by atoms with Gasteiger partial charge in [0.15, 0.2) is 0 Å². The van der Waals surface area contributed by atoms with E-state index in [9.17, 15) is 4.79 Å². The zero-order valence-electron chi connectivity index (χ0n) is 7.71. The van der Waals surface area contributed by atoms with Gasteiger partial charge in [-0.05, 0) is 18.8 Å². The van der Waals surface area contributed by atoms with E-state index < -0.39 is 0 Å². The molecular weight excluding hydrogens is 190 g/mol. The number of halogens is 1. The second-order valence-corrected chi connectivity index (χ2v) is 3.80. The first-order valence-electron chi connectivity index (χ1n) is 4.72. The third kappa shape index (κ3) is 3.16. The van der Waals surface area contributed by atoms with Gasteiger partial charge in [-0.25, -0.2) is 0 Å². The highest BCUT2D eigenvalue weighted by molar-refractivity contribution is 6.18. The summed E-state index contributed by atoms with van der Waals surface area (Å²) in [7, 11) is 0. The van der Waals surface area contributed by atoms with Gasteiger partial charge in [-0.15, -0.1) is 11.6 Å². The summed E-state index contributed by atoms with van der Waals surface area (Å²) in [5, 5.41) is 8.58. The number of amides is 1. The Labute approximate surface area is 83.7 Å². The van der Waals surface area contributed by atoms with Crippen LogP contribution in [0.1, 0.15) is 19.3 Å². The molecule has 1 aliphatic heterocycles. The predicted molar refractivity (Wildman–Crippen MR) is 51.7 cm³/mol. The van der Waals surface area contributed by atoms with Crippen molar-refractivity contribution in [2.24, 2.45) is 5.92 Å². The summed E-state index contributed by atoms with van der Waals surface area (Å²) in [4.78, 5) is 13.2. The molecule has 1 heterocycles. The normalized spacial score (nSPS) is 22.8. The van der Waals surface area contributed by atoms with E-state index in [1.807, 2.05) is 4.90 Å². The van der Waals surface area contributed by atoms with Gasteiger partial charge in [-0.1, -0.05) is 0 Å². The monoisotopic (exact) mass is 205 g/mol. The van der Waals surface area contributed by atoms with E-state index in [0.717, 1.165) is 25.9 Å². The molecule has 76 valence electrons. The fourth-order valence-corrected chi connectivity index (χ4v) is 1.79. The Morgan fingerprint density at radius 2 is 2.31 bits per heavy atom. The first-order valence-corrected chi connectivity index (χ1v) is 5.26. The molecule has 1 rings (SSSR count). The number of rotatable bonds is 5. The third-order valence-corrected chi connectivity index (χ3v) is 2.79. The maximum atomic E-state index is 11.3. The molecule has 0 aromatic rings. The Morgan fingerprint density at radius 3 is 2.85 bits per heavy atom. The lowest BCUT2D eigenvalue weighted by Crippen LogP contribution is -2.26. The van der Waals surface area contributed by atoms with Gasteiger partial charge in [0.2, 0.25) is 5.91 Å². The molecule has 0 saturated carbocycles. The molecule has 1 aliphatic rings. The van der Waals surface area contributed by atoms with Crippen LogP contribution in [0, 0.1) is 5.92 Å². The van der Waals surface area contributed by atoms with Crippen molar-refractivity contribution in [3.63, 3.8) is 0 Å². The Balaban J connectivity index is 2.23. The van der Waals surface area contributed by atoms with Gasteiger partial charge in [0, 0.05) is 32.0 Å². The Morgan fingerprint density at radius 1 is 1.54 bits per heavy atom. The molecule has 0 spiro atoms. The van der Waals surface area contributed by atoms with E-state index >= 15 is 0 Å². The van der Waals surface area contributed by atoms with E-state index in [4.69, 9.17) is 16.7 Å². The van der Waals surface area contributed by atoms with Crippen LogP contribution in [0.5, 0.6) is 0 Å². The van der Waals surface area contributed by atoms with Crippen LogP contribution in [0.3, 0.4) is 0 Å². The largest absolute Gasteiger partial charge is 0.396 e. The molecule has 3 nitrogen and oxygen atoms in total. The maximum absolute atomic E-state index is 11.3. The van der Waals surface area contributed by atoms with Crippen molar-refractivity contribution in [1.82, 2.24) is 4.90 Å². The molecule has 1 N–H and O–H groups in total. The van der Waals surface area contributed by atoms with Crippen LogP contribution >= 0.6 is 11.6 Å². The Hall–Kier alpha value is -0.280. The van der Waals surface area contributed by atoms with Gasteiger partial charge in [0.05, 0.1) is 0 Å². The molecule has 0 bridgehead atoms. The SMILES string of the molecule is O=C1CC(CCl)CN1CCCCO. The second-order valence-electron chi connectivity index (χ2n) is 3.49. The van der Waals surface area contributed by atoms with Crippen LogP contribution in [-0.2, 0) is 4.79 Å². The molecule has 1 atom stereocenters. The highest BCUT2D eigenvalue weighted by Gasteiger charge is 2.27. The summed E-state index contributed by atoms with van der Waals surface area (Å²) in [6.45, 7) is 1.78. The van der Waals surface area contributed by atoms with Gasteiger partial charge >= 0.3 is 0 Å². The summed E-state index contributed by atoms with van der Waals surface area (Å²) in [6.07, 6.45) is 2.26. The van der Waals surface area contributed by atoms with Crippen LogP contribution in [0.2, 0.25) is 0 Å². The number of carbonyl (C=O) groups excluding carboxylic acids is 1. The van der Waals surface area contributed by atoms with E-state index in [1.54, 1.807) is 0 Å². The third-order valence-electron chi connectivity index (χ3n) is 2.35. The molecule has 1 saturated heterocycles. The molecule has 1 fully saturated rings. The highest BCUT2D eigenvalue weighted by Crippen LogP contribution is 2.18. The zero-order chi connectivity index (χ0) is 9.68. The zero-order valence-corrected chi connectivity index (χ0v) is 8.46. The number of carbonyl (C=O) groups is 1. The van der Waals surface area contributed by atoms with Gasteiger partial charge in [-0.3, -0.25) is 4.79 Å². The highest BCUT2D eigenvalue weighted by atomic mass is 35.5. The van der Waals surface area contributed by atoms with E-state index in [0.29, 0.717) is 18.2 Å². The van der Waals surface area contributed by atoms with Gasteiger partial charge in [0.25, 0.3) is 0 Å². The van der Waals surface area contributed by atoms with Crippen molar-refractivity contribution in [3.05, 3.63) is 0 Å². The number of alkyl halides is 1. The molecule has 0 aromatic heterocycles. The number of aliphatic hydroxyl groups excluding tert-OH is 1. The maximum Gasteiger partial charge on any atom is 0.222 e. The number of hydrogen-bond donors (Lipinski definition) is 1. The number of unbranched alkanes of at least 4 members (excludes halogenated alkanes) is 1. The fourth-order valence-electron chi connectivity index (χ4n) is 1.59. The first kappa shape index (κ1) is 10.8. The molecule has 13 heavy (non-hydrogen) atoms. The van der Waals surface area contributed by atoms with Crippen molar-refractivity contribution in [2.45, 2.75) is 19.3 Å². The molecule has 1 unspecified atom stereocenters. The number of nitrogens with zero attached hydrogens (tertiary/aromatic N) is 1. The average molecular weight is 206 g/mol. The summed E-state index contributed by atoms with van der Waals surface area (Å²) < 4.78 is 0. The van der Waals surface area contributed by atoms with Crippen molar-refractivity contribution in [3.8, 4) is 0 Å². The van der Waals surface area contributed by atoms with Gasteiger partial charge < -0.3 is 10.0 Å². The minimum Gasteiger partial charge on any atom is -0.396 e. The number of likely N-dealkylation sites (tertiary alicyclic amines) is 1. The molecule has 0 radical (unpaired) electrons.